The van der Waals surface area contributed by atoms with E-state index in [1.165, 1.54) is 63.4 Å². The number of benzene rings is 2. The number of hydrogen-bond acceptors (Lipinski definition) is 0. The molecule has 0 N–H and O–H groups in total. The van der Waals surface area contributed by atoms with Gasteiger partial charge in [-0.2, -0.15) is 0 Å². The fourth-order valence-corrected chi connectivity index (χ4v) is 4.73. The SMILES string of the molecule is CCCCC[C@H]1CC[C@H](CCc2ccc(-c3ccc(CC)cc3F)cc2)CC1. The van der Waals surface area contributed by atoms with Gasteiger partial charge in [-0.25, -0.2) is 4.39 Å². The van der Waals surface area contributed by atoms with Crippen molar-refractivity contribution in [3.8, 4) is 11.1 Å². The standard InChI is InChI=1S/C27H37F/c1-3-5-6-7-22-8-10-23(11-9-22)12-13-24-14-17-25(18-15-24)26-19-16-21(4-2)20-27(26)28/h14-20,22-23H,3-13H2,1-2H3/t22-,23-. The molecule has 1 aliphatic carbocycles. The zero-order chi connectivity index (χ0) is 19.8. The Labute approximate surface area is 171 Å². The minimum atomic E-state index is -0.109. The zero-order valence-electron chi connectivity index (χ0n) is 17.9. The summed E-state index contributed by atoms with van der Waals surface area (Å²) in [6, 6.07) is 14.2. The molecule has 28 heavy (non-hydrogen) atoms. The Kier molecular flexibility index (Phi) is 8.13. The van der Waals surface area contributed by atoms with E-state index in [1.807, 2.05) is 12.1 Å². The summed E-state index contributed by atoms with van der Waals surface area (Å²) in [4.78, 5) is 0. The molecule has 3 rings (SSSR count). The summed E-state index contributed by atoms with van der Waals surface area (Å²) in [6.07, 6.45) is 14.7. The van der Waals surface area contributed by atoms with Gasteiger partial charge < -0.3 is 0 Å². The van der Waals surface area contributed by atoms with Crippen molar-refractivity contribution in [1.82, 2.24) is 0 Å². The second kappa shape index (κ2) is 10.8. The summed E-state index contributed by atoms with van der Waals surface area (Å²) in [6.45, 7) is 4.35. The van der Waals surface area contributed by atoms with E-state index in [1.54, 1.807) is 6.07 Å². The van der Waals surface area contributed by atoms with Crippen LogP contribution in [0.15, 0.2) is 42.5 Å². The number of halogens is 1. The first kappa shape index (κ1) is 21.1. The van der Waals surface area contributed by atoms with Gasteiger partial charge in [0.2, 0.25) is 0 Å². The van der Waals surface area contributed by atoms with Crippen molar-refractivity contribution in [2.45, 2.75) is 84.5 Å². The van der Waals surface area contributed by atoms with Gasteiger partial charge in [-0.05, 0) is 53.9 Å². The van der Waals surface area contributed by atoms with Crippen LogP contribution in [0.3, 0.4) is 0 Å². The van der Waals surface area contributed by atoms with Gasteiger partial charge in [0.1, 0.15) is 5.82 Å². The van der Waals surface area contributed by atoms with Gasteiger partial charge in [0.05, 0.1) is 0 Å². The van der Waals surface area contributed by atoms with Gasteiger partial charge in [-0.1, -0.05) is 102 Å². The van der Waals surface area contributed by atoms with Crippen molar-refractivity contribution >= 4 is 0 Å². The van der Waals surface area contributed by atoms with Crippen molar-refractivity contribution in [2.24, 2.45) is 11.8 Å². The Morgan fingerprint density at radius 2 is 1.43 bits per heavy atom. The molecule has 0 aliphatic heterocycles. The highest BCUT2D eigenvalue weighted by Crippen LogP contribution is 2.34. The van der Waals surface area contributed by atoms with Crippen LogP contribution in [-0.4, -0.2) is 0 Å². The normalized spacial score (nSPS) is 19.7. The van der Waals surface area contributed by atoms with E-state index >= 15 is 0 Å². The van der Waals surface area contributed by atoms with E-state index < -0.39 is 0 Å². The summed E-state index contributed by atoms with van der Waals surface area (Å²) >= 11 is 0. The van der Waals surface area contributed by atoms with Gasteiger partial charge in [-0.3, -0.25) is 0 Å². The Morgan fingerprint density at radius 3 is 2.04 bits per heavy atom. The molecule has 0 amide bonds. The lowest BCUT2D eigenvalue weighted by atomic mass is 9.78. The molecule has 0 nitrogen and oxygen atoms in total. The Balaban J connectivity index is 1.46. The first-order valence-electron chi connectivity index (χ1n) is 11.6. The molecule has 0 bridgehead atoms. The van der Waals surface area contributed by atoms with Crippen LogP contribution in [0.25, 0.3) is 11.1 Å². The highest BCUT2D eigenvalue weighted by Gasteiger charge is 2.20. The maximum Gasteiger partial charge on any atom is 0.131 e. The van der Waals surface area contributed by atoms with Crippen molar-refractivity contribution in [3.05, 3.63) is 59.4 Å². The minimum Gasteiger partial charge on any atom is -0.206 e. The predicted octanol–water partition coefficient (Wildman–Crippen LogP) is 8.37. The quantitative estimate of drug-likeness (QED) is 0.383. The van der Waals surface area contributed by atoms with Crippen molar-refractivity contribution < 1.29 is 4.39 Å². The molecule has 2 aromatic carbocycles. The van der Waals surface area contributed by atoms with Crippen LogP contribution in [0.5, 0.6) is 0 Å². The molecule has 0 aromatic heterocycles. The van der Waals surface area contributed by atoms with Crippen LogP contribution in [0.2, 0.25) is 0 Å². The van der Waals surface area contributed by atoms with Crippen LogP contribution in [0.1, 0.15) is 82.8 Å². The lowest BCUT2D eigenvalue weighted by Crippen LogP contribution is -2.15. The summed E-state index contributed by atoms with van der Waals surface area (Å²) in [5, 5.41) is 0. The molecule has 1 aliphatic rings. The van der Waals surface area contributed by atoms with Crippen LogP contribution in [0, 0.1) is 17.7 Å². The van der Waals surface area contributed by atoms with Gasteiger partial charge in [0.25, 0.3) is 0 Å². The molecule has 0 spiro atoms. The third-order valence-electron chi connectivity index (χ3n) is 6.73. The fourth-order valence-electron chi connectivity index (χ4n) is 4.73. The molecule has 0 heterocycles. The lowest BCUT2D eigenvalue weighted by Gasteiger charge is -2.28. The van der Waals surface area contributed by atoms with E-state index in [4.69, 9.17) is 0 Å². The molecule has 0 unspecified atom stereocenters. The highest BCUT2D eigenvalue weighted by atomic mass is 19.1. The molecule has 2 aromatic rings. The van der Waals surface area contributed by atoms with Crippen LogP contribution in [0.4, 0.5) is 4.39 Å². The molecule has 1 heteroatoms. The van der Waals surface area contributed by atoms with Crippen LogP contribution < -0.4 is 0 Å². The molecule has 152 valence electrons. The van der Waals surface area contributed by atoms with E-state index in [-0.39, 0.29) is 5.82 Å². The molecule has 0 radical (unpaired) electrons. The molecular formula is C27H37F. The molecule has 1 fully saturated rings. The molecular weight excluding hydrogens is 343 g/mol. The predicted molar refractivity (Wildman–Crippen MR) is 119 cm³/mol. The number of rotatable bonds is 9. The molecule has 1 saturated carbocycles. The van der Waals surface area contributed by atoms with Gasteiger partial charge in [0, 0.05) is 5.56 Å². The maximum absolute atomic E-state index is 14.3. The summed E-state index contributed by atoms with van der Waals surface area (Å²) in [5.74, 6) is 1.79. The van der Waals surface area contributed by atoms with Gasteiger partial charge in [0.15, 0.2) is 0 Å². The minimum absolute atomic E-state index is 0.109. The smallest absolute Gasteiger partial charge is 0.131 e. The van der Waals surface area contributed by atoms with Crippen molar-refractivity contribution in [2.75, 3.05) is 0 Å². The Bertz CT molecular complexity index is 708. The zero-order valence-corrected chi connectivity index (χ0v) is 17.9. The van der Waals surface area contributed by atoms with Gasteiger partial charge in [-0.15, -0.1) is 0 Å². The highest BCUT2D eigenvalue weighted by molar-refractivity contribution is 5.64. The van der Waals surface area contributed by atoms with E-state index in [9.17, 15) is 4.39 Å². The van der Waals surface area contributed by atoms with Crippen LogP contribution in [-0.2, 0) is 12.8 Å². The average Bonchev–Trinajstić information content (AvgIpc) is 2.74. The third kappa shape index (κ3) is 5.93. The monoisotopic (exact) mass is 380 g/mol. The Morgan fingerprint density at radius 1 is 0.786 bits per heavy atom. The van der Waals surface area contributed by atoms with Gasteiger partial charge >= 0.3 is 0 Å². The molecule has 0 saturated heterocycles. The lowest BCUT2D eigenvalue weighted by molar-refractivity contribution is 0.249. The van der Waals surface area contributed by atoms with E-state index in [0.29, 0.717) is 5.56 Å². The summed E-state index contributed by atoms with van der Waals surface area (Å²) in [7, 11) is 0. The second-order valence-electron chi connectivity index (χ2n) is 8.79. The largest absolute Gasteiger partial charge is 0.206 e. The summed E-state index contributed by atoms with van der Waals surface area (Å²) < 4.78 is 14.3. The first-order chi connectivity index (χ1) is 13.7. The summed E-state index contributed by atoms with van der Waals surface area (Å²) in [5.41, 5.74) is 4.14. The first-order valence-corrected chi connectivity index (χ1v) is 11.6. The van der Waals surface area contributed by atoms with E-state index in [0.717, 1.165) is 35.8 Å². The molecule has 0 atom stereocenters. The second-order valence-corrected chi connectivity index (χ2v) is 8.79. The van der Waals surface area contributed by atoms with Crippen molar-refractivity contribution in [3.63, 3.8) is 0 Å². The fraction of sp³-hybridized carbons (Fsp3) is 0.556. The van der Waals surface area contributed by atoms with Crippen LogP contribution >= 0.6 is 0 Å². The van der Waals surface area contributed by atoms with Crippen molar-refractivity contribution in [1.29, 1.82) is 0 Å². The number of unbranched alkanes of at least 4 members (excludes halogenated alkanes) is 2. The number of hydrogen-bond donors (Lipinski definition) is 0. The average molecular weight is 381 g/mol. The Hall–Kier alpha value is -1.63. The van der Waals surface area contributed by atoms with E-state index in [2.05, 4.69) is 38.1 Å². The topological polar surface area (TPSA) is 0 Å². The number of aryl methyl sites for hydroxylation is 2. The third-order valence-corrected chi connectivity index (χ3v) is 6.73. The maximum atomic E-state index is 14.3.